The third-order valence-electron chi connectivity index (χ3n) is 1.87. The second-order valence-corrected chi connectivity index (χ2v) is 3.32. The molecular formula is C11H11F3O4. The van der Waals surface area contributed by atoms with Gasteiger partial charge in [-0.3, -0.25) is 0 Å². The average molecular weight is 264 g/mol. The van der Waals surface area contributed by atoms with Crippen molar-refractivity contribution in [1.29, 1.82) is 0 Å². The summed E-state index contributed by atoms with van der Waals surface area (Å²) in [5, 5.41) is 8.82. The first-order valence-corrected chi connectivity index (χ1v) is 5.00. The van der Waals surface area contributed by atoms with Crippen LogP contribution in [0.5, 0.6) is 5.75 Å². The summed E-state index contributed by atoms with van der Waals surface area (Å²) in [6.45, 7) is -1.77. The van der Waals surface area contributed by atoms with E-state index in [1.165, 1.54) is 18.2 Å². The SMILES string of the molecule is O=C(O)c1ccccc1OCCOCC(F)(F)F. The van der Waals surface area contributed by atoms with Crippen LogP contribution >= 0.6 is 0 Å². The van der Waals surface area contributed by atoms with E-state index in [1.54, 1.807) is 6.07 Å². The Bertz CT molecular complexity index is 404. The second-order valence-electron chi connectivity index (χ2n) is 3.32. The van der Waals surface area contributed by atoms with Crippen molar-refractivity contribution in [3.63, 3.8) is 0 Å². The Morgan fingerprint density at radius 3 is 2.50 bits per heavy atom. The molecule has 0 aromatic heterocycles. The molecule has 0 fully saturated rings. The van der Waals surface area contributed by atoms with E-state index in [-0.39, 0.29) is 24.5 Å². The van der Waals surface area contributed by atoms with Crippen LogP contribution in [-0.4, -0.2) is 37.1 Å². The molecule has 7 heteroatoms. The molecule has 1 aromatic rings. The minimum atomic E-state index is -4.38. The molecule has 1 N–H and O–H groups in total. The molecule has 0 saturated heterocycles. The van der Waals surface area contributed by atoms with Crippen LogP contribution in [0.1, 0.15) is 10.4 Å². The molecule has 0 amide bonds. The van der Waals surface area contributed by atoms with E-state index in [9.17, 15) is 18.0 Å². The van der Waals surface area contributed by atoms with E-state index in [1.807, 2.05) is 0 Å². The number of alkyl halides is 3. The Morgan fingerprint density at radius 1 is 1.22 bits per heavy atom. The van der Waals surface area contributed by atoms with Crippen molar-refractivity contribution in [3.8, 4) is 5.75 Å². The van der Waals surface area contributed by atoms with Gasteiger partial charge in [0.15, 0.2) is 0 Å². The molecule has 1 rings (SSSR count). The molecule has 18 heavy (non-hydrogen) atoms. The van der Waals surface area contributed by atoms with E-state index in [4.69, 9.17) is 9.84 Å². The van der Waals surface area contributed by atoms with Gasteiger partial charge in [-0.25, -0.2) is 4.79 Å². The van der Waals surface area contributed by atoms with Crippen LogP contribution in [0.25, 0.3) is 0 Å². The zero-order valence-electron chi connectivity index (χ0n) is 9.24. The maximum absolute atomic E-state index is 11.7. The van der Waals surface area contributed by atoms with Crippen LogP contribution < -0.4 is 4.74 Å². The number of rotatable bonds is 6. The van der Waals surface area contributed by atoms with Gasteiger partial charge >= 0.3 is 12.1 Å². The van der Waals surface area contributed by atoms with Gasteiger partial charge < -0.3 is 14.6 Å². The van der Waals surface area contributed by atoms with Crippen molar-refractivity contribution in [3.05, 3.63) is 29.8 Å². The zero-order valence-corrected chi connectivity index (χ0v) is 9.24. The highest BCUT2D eigenvalue weighted by atomic mass is 19.4. The molecule has 0 unspecified atom stereocenters. The van der Waals surface area contributed by atoms with Gasteiger partial charge in [0, 0.05) is 0 Å². The minimum Gasteiger partial charge on any atom is -0.490 e. The Morgan fingerprint density at radius 2 is 1.89 bits per heavy atom. The van der Waals surface area contributed by atoms with Gasteiger partial charge in [0.25, 0.3) is 0 Å². The first kappa shape index (κ1) is 14.3. The molecule has 0 aliphatic heterocycles. The molecule has 0 saturated carbocycles. The summed E-state index contributed by atoms with van der Waals surface area (Å²) in [7, 11) is 0. The van der Waals surface area contributed by atoms with E-state index >= 15 is 0 Å². The second kappa shape index (κ2) is 6.25. The lowest BCUT2D eigenvalue weighted by Crippen LogP contribution is -2.19. The number of benzene rings is 1. The van der Waals surface area contributed by atoms with Crippen LogP contribution in [0, 0.1) is 0 Å². The van der Waals surface area contributed by atoms with Crippen LogP contribution in [0.2, 0.25) is 0 Å². The first-order valence-electron chi connectivity index (χ1n) is 5.00. The van der Waals surface area contributed by atoms with Crippen molar-refractivity contribution >= 4 is 5.97 Å². The van der Waals surface area contributed by atoms with Crippen LogP contribution in [0.4, 0.5) is 13.2 Å². The van der Waals surface area contributed by atoms with Gasteiger partial charge in [-0.15, -0.1) is 0 Å². The Balaban J connectivity index is 2.38. The van der Waals surface area contributed by atoms with E-state index in [0.29, 0.717) is 0 Å². The highest BCUT2D eigenvalue weighted by Gasteiger charge is 2.27. The number of ether oxygens (including phenoxy) is 2. The van der Waals surface area contributed by atoms with Crippen LogP contribution in [-0.2, 0) is 4.74 Å². The maximum Gasteiger partial charge on any atom is 0.411 e. The predicted molar refractivity (Wildman–Crippen MR) is 55.8 cm³/mol. The molecule has 0 aliphatic carbocycles. The predicted octanol–water partition coefficient (Wildman–Crippen LogP) is 2.34. The van der Waals surface area contributed by atoms with Gasteiger partial charge in [0.1, 0.15) is 24.5 Å². The number of carboxylic acids is 1. The summed E-state index contributed by atoms with van der Waals surface area (Å²) >= 11 is 0. The lowest BCUT2D eigenvalue weighted by atomic mass is 10.2. The highest BCUT2D eigenvalue weighted by molar-refractivity contribution is 5.90. The molecule has 0 radical (unpaired) electrons. The summed E-state index contributed by atoms with van der Waals surface area (Å²) in [5.74, 6) is -1.07. The molecule has 0 bridgehead atoms. The fraction of sp³-hybridized carbons (Fsp3) is 0.364. The Hall–Kier alpha value is -1.76. The van der Waals surface area contributed by atoms with Gasteiger partial charge in [-0.1, -0.05) is 12.1 Å². The van der Waals surface area contributed by atoms with Gasteiger partial charge in [-0.05, 0) is 12.1 Å². The molecule has 100 valence electrons. The lowest BCUT2D eigenvalue weighted by Gasteiger charge is -2.10. The highest BCUT2D eigenvalue weighted by Crippen LogP contribution is 2.18. The number of hydrogen-bond donors (Lipinski definition) is 1. The Labute approximate surface area is 101 Å². The van der Waals surface area contributed by atoms with Gasteiger partial charge in [0.2, 0.25) is 0 Å². The molecule has 0 spiro atoms. The maximum atomic E-state index is 11.7. The number of carboxylic acid groups (broad SMARTS) is 1. The third kappa shape index (κ3) is 5.05. The average Bonchev–Trinajstić information content (AvgIpc) is 2.27. The van der Waals surface area contributed by atoms with Crippen LogP contribution in [0.15, 0.2) is 24.3 Å². The summed E-state index contributed by atoms with van der Waals surface area (Å²) in [6, 6.07) is 5.86. The number of hydrogen-bond acceptors (Lipinski definition) is 3. The van der Waals surface area contributed by atoms with Gasteiger partial charge in [-0.2, -0.15) is 13.2 Å². The summed E-state index contributed by atoms with van der Waals surface area (Å²) < 4.78 is 44.6. The number of halogens is 3. The summed E-state index contributed by atoms with van der Waals surface area (Å²) in [4.78, 5) is 10.8. The number of aromatic carboxylic acids is 1. The van der Waals surface area contributed by atoms with E-state index in [0.717, 1.165) is 0 Å². The zero-order chi connectivity index (χ0) is 13.6. The monoisotopic (exact) mass is 264 g/mol. The lowest BCUT2D eigenvalue weighted by molar-refractivity contribution is -0.175. The topological polar surface area (TPSA) is 55.8 Å². The molecule has 0 heterocycles. The largest absolute Gasteiger partial charge is 0.490 e. The van der Waals surface area contributed by atoms with E-state index in [2.05, 4.69) is 4.74 Å². The molecular weight excluding hydrogens is 253 g/mol. The van der Waals surface area contributed by atoms with Gasteiger partial charge in [0.05, 0.1) is 6.61 Å². The molecule has 0 aliphatic rings. The van der Waals surface area contributed by atoms with Crippen molar-refractivity contribution < 1.29 is 32.5 Å². The smallest absolute Gasteiger partial charge is 0.411 e. The fourth-order valence-electron chi connectivity index (χ4n) is 1.17. The van der Waals surface area contributed by atoms with Crippen molar-refractivity contribution in [1.82, 2.24) is 0 Å². The molecule has 1 aromatic carbocycles. The van der Waals surface area contributed by atoms with Crippen LogP contribution in [0.3, 0.4) is 0 Å². The summed E-state index contributed by atoms with van der Waals surface area (Å²) in [6.07, 6.45) is -4.38. The molecule has 0 atom stereocenters. The first-order chi connectivity index (χ1) is 8.40. The van der Waals surface area contributed by atoms with Crippen molar-refractivity contribution in [2.45, 2.75) is 6.18 Å². The van der Waals surface area contributed by atoms with Crippen molar-refractivity contribution in [2.75, 3.05) is 19.8 Å². The number of carbonyl (C=O) groups is 1. The minimum absolute atomic E-state index is 0.0479. The number of para-hydroxylation sites is 1. The summed E-state index contributed by atoms with van der Waals surface area (Å²) in [5.41, 5.74) is -0.0479. The standard InChI is InChI=1S/C11H11F3O4/c12-11(13,14)7-17-5-6-18-9-4-2-1-3-8(9)10(15)16/h1-4H,5-7H2,(H,15,16). The van der Waals surface area contributed by atoms with E-state index < -0.39 is 18.8 Å². The Kier molecular flexibility index (Phi) is 4.96. The quantitative estimate of drug-likeness (QED) is 0.801. The van der Waals surface area contributed by atoms with Crippen molar-refractivity contribution in [2.24, 2.45) is 0 Å². The molecule has 4 nitrogen and oxygen atoms in total. The fourth-order valence-corrected chi connectivity index (χ4v) is 1.17. The normalized spacial score (nSPS) is 11.3. The third-order valence-corrected chi connectivity index (χ3v) is 1.87.